The predicted octanol–water partition coefficient (Wildman–Crippen LogP) is 3.52. The van der Waals surface area contributed by atoms with Crippen LogP contribution in [0.15, 0.2) is 30.7 Å². The zero-order chi connectivity index (χ0) is 14.5. The molecule has 0 unspecified atom stereocenters. The molecule has 1 aliphatic rings. The maximum absolute atomic E-state index is 4.73. The molecule has 3 nitrogen and oxygen atoms in total. The SMILES string of the molecule is C=C1N(c2nc(C)c(C)cc2C)C(=C)C(C)(C)N1C. The van der Waals surface area contributed by atoms with Crippen LogP contribution in [0.5, 0.6) is 0 Å². The molecule has 1 aromatic rings. The van der Waals surface area contributed by atoms with Crippen LogP contribution in [0.3, 0.4) is 0 Å². The molecule has 0 aliphatic carbocycles. The van der Waals surface area contributed by atoms with E-state index in [0.29, 0.717) is 0 Å². The maximum Gasteiger partial charge on any atom is 0.141 e. The second-order valence-corrected chi connectivity index (χ2v) is 5.85. The molecule has 1 aromatic heterocycles. The fraction of sp³-hybridized carbons (Fsp3) is 0.438. The Bertz CT molecular complexity index is 570. The van der Waals surface area contributed by atoms with Crippen LogP contribution in [0.2, 0.25) is 0 Å². The summed E-state index contributed by atoms with van der Waals surface area (Å²) < 4.78 is 0. The van der Waals surface area contributed by atoms with Gasteiger partial charge in [0.25, 0.3) is 0 Å². The monoisotopic (exact) mass is 257 g/mol. The molecule has 0 bridgehead atoms. The van der Waals surface area contributed by atoms with Gasteiger partial charge in [-0.1, -0.05) is 19.2 Å². The highest BCUT2D eigenvalue weighted by molar-refractivity contribution is 5.62. The zero-order valence-corrected chi connectivity index (χ0v) is 12.8. The molecule has 0 spiro atoms. The highest BCUT2D eigenvalue weighted by atomic mass is 15.4. The lowest BCUT2D eigenvalue weighted by molar-refractivity contribution is 0.286. The van der Waals surface area contributed by atoms with Crippen LogP contribution in [0, 0.1) is 20.8 Å². The smallest absolute Gasteiger partial charge is 0.141 e. The van der Waals surface area contributed by atoms with Gasteiger partial charge in [0.2, 0.25) is 0 Å². The van der Waals surface area contributed by atoms with E-state index in [9.17, 15) is 0 Å². The molecular weight excluding hydrogens is 234 g/mol. The van der Waals surface area contributed by atoms with Crippen LogP contribution in [0.1, 0.15) is 30.7 Å². The molecule has 0 atom stereocenters. The van der Waals surface area contributed by atoms with Crippen molar-refractivity contribution in [2.75, 3.05) is 11.9 Å². The summed E-state index contributed by atoms with van der Waals surface area (Å²) in [5.41, 5.74) is 4.29. The third-order valence-corrected chi connectivity index (χ3v) is 4.30. The average Bonchev–Trinajstić information content (AvgIpc) is 2.47. The number of nitrogens with zero attached hydrogens (tertiary/aromatic N) is 3. The summed E-state index contributed by atoms with van der Waals surface area (Å²) in [7, 11) is 2.05. The van der Waals surface area contributed by atoms with Gasteiger partial charge in [-0.05, 0) is 45.7 Å². The normalized spacial score (nSPS) is 18.4. The van der Waals surface area contributed by atoms with Crippen molar-refractivity contribution in [3.05, 3.63) is 47.6 Å². The van der Waals surface area contributed by atoms with E-state index in [-0.39, 0.29) is 5.54 Å². The fourth-order valence-electron chi connectivity index (χ4n) is 2.40. The van der Waals surface area contributed by atoms with Crippen molar-refractivity contribution in [2.24, 2.45) is 0 Å². The van der Waals surface area contributed by atoms with Crippen molar-refractivity contribution in [3.8, 4) is 0 Å². The van der Waals surface area contributed by atoms with Crippen molar-refractivity contribution in [2.45, 2.75) is 40.2 Å². The van der Waals surface area contributed by atoms with E-state index < -0.39 is 0 Å². The van der Waals surface area contributed by atoms with Crippen molar-refractivity contribution >= 4 is 5.82 Å². The largest absolute Gasteiger partial charge is 0.351 e. The third-order valence-electron chi connectivity index (χ3n) is 4.30. The predicted molar refractivity (Wildman–Crippen MR) is 81.0 cm³/mol. The van der Waals surface area contributed by atoms with Gasteiger partial charge in [-0.25, -0.2) is 4.98 Å². The lowest BCUT2D eigenvalue weighted by atomic mass is 10.0. The van der Waals surface area contributed by atoms with Gasteiger partial charge in [0, 0.05) is 18.4 Å². The van der Waals surface area contributed by atoms with Gasteiger partial charge in [-0.3, -0.25) is 4.90 Å². The number of hydrogen-bond acceptors (Lipinski definition) is 3. The van der Waals surface area contributed by atoms with Gasteiger partial charge in [0.15, 0.2) is 0 Å². The molecule has 0 amide bonds. The van der Waals surface area contributed by atoms with E-state index in [1.165, 1.54) is 5.56 Å². The average molecular weight is 257 g/mol. The molecule has 0 aromatic carbocycles. The molecule has 0 radical (unpaired) electrons. The van der Waals surface area contributed by atoms with E-state index in [1.54, 1.807) is 0 Å². The molecule has 102 valence electrons. The number of hydrogen-bond donors (Lipinski definition) is 0. The zero-order valence-electron chi connectivity index (χ0n) is 12.8. The summed E-state index contributed by atoms with van der Waals surface area (Å²) in [6.45, 7) is 18.9. The van der Waals surface area contributed by atoms with Gasteiger partial charge >= 0.3 is 0 Å². The van der Waals surface area contributed by atoms with E-state index in [1.807, 2.05) is 14.0 Å². The highest BCUT2D eigenvalue weighted by Gasteiger charge is 2.42. The van der Waals surface area contributed by atoms with Gasteiger partial charge < -0.3 is 4.90 Å². The Hall–Kier alpha value is -1.77. The molecule has 0 saturated carbocycles. The summed E-state index contributed by atoms with van der Waals surface area (Å²) in [6.07, 6.45) is 0. The van der Waals surface area contributed by atoms with E-state index in [0.717, 1.165) is 28.6 Å². The Labute approximate surface area is 116 Å². The third kappa shape index (κ3) is 1.84. The molecule has 0 N–H and O–H groups in total. The minimum atomic E-state index is -0.135. The summed E-state index contributed by atoms with van der Waals surface area (Å²) in [5, 5.41) is 0. The van der Waals surface area contributed by atoms with Crippen LogP contribution in [0.4, 0.5) is 5.82 Å². The van der Waals surface area contributed by atoms with Crippen molar-refractivity contribution in [1.82, 2.24) is 9.88 Å². The molecular formula is C16H23N3. The van der Waals surface area contributed by atoms with Gasteiger partial charge in [0.1, 0.15) is 11.6 Å². The van der Waals surface area contributed by atoms with Gasteiger partial charge in [-0.2, -0.15) is 0 Å². The molecule has 2 rings (SSSR count). The van der Waals surface area contributed by atoms with Crippen LogP contribution < -0.4 is 4.90 Å². The molecule has 2 heterocycles. The van der Waals surface area contributed by atoms with Crippen molar-refractivity contribution < 1.29 is 0 Å². The molecule has 1 fully saturated rings. The number of anilines is 1. The second-order valence-electron chi connectivity index (χ2n) is 5.85. The van der Waals surface area contributed by atoms with Crippen molar-refractivity contribution in [3.63, 3.8) is 0 Å². The minimum Gasteiger partial charge on any atom is -0.351 e. The van der Waals surface area contributed by atoms with Crippen LogP contribution in [0.25, 0.3) is 0 Å². The quantitative estimate of drug-likeness (QED) is 0.767. The van der Waals surface area contributed by atoms with Crippen LogP contribution in [-0.2, 0) is 0 Å². The Morgan fingerprint density at radius 1 is 1.11 bits per heavy atom. The first kappa shape index (κ1) is 13.7. The van der Waals surface area contributed by atoms with Crippen LogP contribution >= 0.6 is 0 Å². The highest BCUT2D eigenvalue weighted by Crippen LogP contribution is 2.41. The molecule has 1 aliphatic heterocycles. The van der Waals surface area contributed by atoms with E-state index >= 15 is 0 Å². The summed E-state index contributed by atoms with van der Waals surface area (Å²) in [5.74, 6) is 1.87. The van der Waals surface area contributed by atoms with Crippen molar-refractivity contribution in [1.29, 1.82) is 0 Å². The van der Waals surface area contributed by atoms with E-state index in [4.69, 9.17) is 4.98 Å². The lowest BCUT2D eigenvalue weighted by Gasteiger charge is -2.27. The first-order chi connectivity index (χ1) is 8.67. The topological polar surface area (TPSA) is 19.4 Å². The van der Waals surface area contributed by atoms with Gasteiger partial charge in [0.05, 0.1) is 5.54 Å². The Morgan fingerprint density at radius 3 is 2.16 bits per heavy atom. The van der Waals surface area contributed by atoms with Crippen LogP contribution in [-0.4, -0.2) is 22.5 Å². The maximum atomic E-state index is 4.73. The number of aromatic nitrogens is 1. The standard InChI is InChI=1S/C16H23N3/c1-10-9-11(2)15(17-12(10)3)19-13(4)16(6,7)18(8)14(19)5/h9H,4-5H2,1-3,6-8H3. The number of pyridine rings is 1. The summed E-state index contributed by atoms with van der Waals surface area (Å²) in [4.78, 5) is 8.95. The second kappa shape index (κ2) is 4.12. The number of likely N-dealkylation sites (N-methyl/N-ethyl adjacent to an activating group) is 1. The first-order valence-electron chi connectivity index (χ1n) is 6.55. The molecule has 19 heavy (non-hydrogen) atoms. The minimum absolute atomic E-state index is 0.135. The number of aryl methyl sites for hydroxylation is 3. The Balaban J connectivity index is 2.57. The lowest BCUT2D eigenvalue weighted by Crippen LogP contribution is -2.34. The fourth-order valence-corrected chi connectivity index (χ4v) is 2.40. The first-order valence-corrected chi connectivity index (χ1v) is 6.55. The van der Waals surface area contributed by atoms with E-state index in [2.05, 4.69) is 56.7 Å². The summed E-state index contributed by atoms with van der Waals surface area (Å²) in [6, 6.07) is 2.17. The Morgan fingerprint density at radius 2 is 1.68 bits per heavy atom. The van der Waals surface area contributed by atoms with Gasteiger partial charge in [-0.15, -0.1) is 0 Å². The Kier molecular flexibility index (Phi) is 2.96. The molecule has 3 heteroatoms. The molecule has 1 saturated heterocycles. The summed E-state index contributed by atoms with van der Waals surface area (Å²) >= 11 is 0. The number of rotatable bonds is 1.